The fourth-order valence-electron chi connectivity index (χ4n) is 0.287. The third-order valence-corrected chi connectivity index (χ3v) is 0.640. The van der Waals surface area contributed by atoms with E-state index >= 15 is 0 Å². The molecule has 0 heterocycles. The molecule has 3 heteroatoms. The summed E-state index contributed by atoms with van der Waals surface area (Å²) in [4.78, 5) is 13.2. The average molecular weight is 124 g/mol. The van der Waals surface area contributed by atoms with Crippen molar-refractivity contribution in [2.24, 2.45) is 10.2 Å². The number of allylic oxidation sites excluding steroid dienone is 1. The molecular weight excluding hydrogens is 116 g/mol. The number of hydrogen-bond acceptors (Lipinski definition) is 3. The molecule has 0 radical (unpaired) electrons. The van der Waals surface area contributed by atoms with E-state index in [0.29, 0.717) is 5.57 Å². The Kier molecular flexibility index (Phi) is 4.22. The predicted molar refractivity (Wildman–Crippen MR) is 38.2 cm³/mol. The van der Waals surface area contributed by atoms with Crippen molar-refractivity contribution in [3.05, 3.63) is 29.5 Å². The van der Waals surface area contributed by atoms with Crippen molar-refractivity contribution in [3.63, 3.8) is 0 Å². The van der Waals surface area contributed by atoms with Crippen LogP contribution in [0.2, 0.25) is 0 Å². The molecular formula is C6H8N2O. The lowest BCUT2D eigenvalue weighted by Gasteiger charge is -1.80. The Morgan fingerprint density at radius 2 is 2.33 bits per heavy atom. The third kappa shape index (κ3) is 4.61. The molecule has 0 aliphatic heterocycles. The van der Waals surface area contributed by atoms with Gasteiger partial charge in [-0.25, -0.2) is 0 Å². The fraction of sp³-hybridized carbons (Fsp3) is 0.167. The Bertz CT molecular complexity index is 158. The van der Waals surface area contributed by atoms with E-state index in [1.165, 1.54) is 18.6 Å². The maximum Gasteiger partial charge on any atom is 0.0759 e. The minimum absolute atomic E-state index is 0.713. The molecule has 0 rings (SSSR count). The Labute approximate surface area is 53.8 Å². The van der Waals surface area contributed by atoms with Gasteiger partial charge in [-0.2, -0.15) is 0 Å². The maximum absolute atomic E-state index is 9.56. The summed E-state index contributed by atoms with van der Waals surface area (Å²) in [6.07, 6.45) is 4.09. The van der Waals surface area contributed by atoms with Gasteiger partial charge in [-0.05, 0) is 17.7 Å². The van der Waals surface area contributed by atoms with Gasteiger partial charge in [-0.3, -0.25) is 4.99 Å². The van der Waals surface area contributed by atoms with Crippen molar-refractivity contribution in [2.45, 2.75) is 6.92 Å². The zero-order valence-corrected chi connectivity index (χ0v) is 5.24. The fourth-order valence-corrected chi connectivity index (χ4v) is 0.287. The Morgan fingerprint density at radius 3 is 2.78 bits per heavy atom. The third-order valence-electron chi connectivity index (χ3n) is 0.640. The summed E-state index contributed by atoms with van der Waals surface area (Å²) in [6, 6.07) is 0. The van der Waals surface area contributed by atoms with Crippen LogP contribution >= 0.6 is 0 Å². The van der Waals surface area contributed by atoms with Gasteiger partial charge in [-0.15, -0.1) is 4.91 Å². The number of nitroso groups, excluding NO2 is 1. The molecule has 0 aromatic rings. The van der Waals surface area contributed by atoms with Gasteiger partial charge in [0.2, 0.25) is 0 Å². The first-order valence-electron chi connectivity index (χ1n) is 2.44. The summed E-state index contributed by atoms with van der Waals surface area (Å²) in [5.74, 6) is 0. The Balaban J connectivity index is 3.88. The molecule has 0 saturated heterocycles. The van der Waals surface area contributed by atoms with E-state index in [0.717, 1.165) is 0 Å². The van der Waals surface area contributed by atoms with Crippen molar-refractivity contribution >= 4 is 6.21 Å². The van der Waals surface area contributed by atoms with Gasteiger partial charge in [0.15, 0.2) is 0 Å². The van der Waals surface area contributed by atoms with E-state index in [1.54, 1.807) is 6.92 Å². The highest BCUT2D eigenvalue weighted by atomic mass is 16.2. The molecule has 0 spiro atoms. The standard InChI is InChI=1S/C6H8N2O/c1-3-7-4-6(2)5-8-9/h3-5H,1H2,2H3/b6-5+,7-4?. The molecule has 0 aliphatic carbocycles. The monoisotopic (exact) mass is 124 g/mol. The lowest BCUT2D eigenvalue weighted by molar-refractivity contribution is 1.44. The summed E-state index contributed by atoms with van der Waals surface area (Å²) in [7, 11) is 0. The van der Waals surface area contributed by atoms with Crippen LogP contribution in [0.3, 0.4) is 0 Å². The van der Waals surface area contributed by atoms with Crippen molar-refractivity contribution < 1.29 is 0 Å². The minimum Gasteiger partial charge on any atom is -0.265 e. The van der Waals surface area contributed by atoms with Crippen LogP contribution in [0.4, 0.5) is 0 Å². The lowest BCUT2D eigenvalue weighted by atomic mass is 10.4. The van der Waals surface area contributed by atoms with Gasteiger partial charge < -0.3 is 0 Å². The quantitative estimate of drug-likeness (QED) is 0.418. The number of rotatable bonds is 3. The Hall–Kier alpha value is -1.25. The second kappa shape index (κ2) is 4.90. The first-order chi connectivity index (χ1) is 4.31. The highest BCUT2D eigenvalue weighted by Crippen LogP contribution is 1.86. The van der Waals surface area contributed by atoms with E-state index in [9.17, 15) is 4.91 Å². The highest BCUT2D eigenvalue weighted by Gasteiger charge is 1.77. The molecule has 9 heavy (non-hydrogen) atoms. The van der Waals surface area contributed by atoms with E-state index in [-0.39, 0.29) is 0 Å². The molecule has 0 atom stereocenters. The number of nitrogens with zero attached hydrogens (tertiary/aromatic N) is 2. The highest BCUT2D eigenvalue weighted by molar-refractivity contribution is 5.77. The second-order valence-corrected chi connectivity index (χ2v) is 1.44. The summed E-state index contributed by atoms with van der Waals surface area (Å²) in [6.45, 7) is 5.09. The van der Waals surface area contributed by atoms with Gasteiger partial charge in [-0.1, -0.05) is 6.58 Å². The van der Waals surface area contributed by atoms with Crippen LogP contribution in [0.5, 0.6) is 0 Å². The molecule has 0 unspecified atom stereocenters. The molecule has 0 N–H and O–H groups in total. The number of hydrogen-bond donors (Lipinski definition) is 0. The maximum atomic E-state index is 9.56. The van der Waals surface area contributed by atoms with Crippen molar-refractivity contribution in [3.8, 4) is 0 Å². The normalized spacial score (nSPS) is 11.9. The second-order valence-electron chi connectivity index (χ2n) is 1.44. The average Bonchev–Trinajstić information content (AvgIpc) is 1.85. The van der Waals surface area contributed by atoms with E-state index in [1.807, 2.05) is 0 Å². The van der Waals surface area contributed by atoms with Crippen LogP contribution in [0.15, 0.2) is 34.7 Å². The van der Waals surface area contributed by atoms with Gasteiger partial charge >= 0.3 is 0 Å². The molecule has 0 bridgehead atoms. The minimum atomic E-state index is 0.713. The largest absolute Gasteiger partial charge is 0.265 e. The first kappa shape index (κ1) is 7.75. The van der Waals surface area contributed by atoms with Crippen LogP contribution in [-0.2, 0) is 0 Å². The molecule has 0 amide bonds. The molecule has 48 valence electrons. The van der Waals surface area contributed by atoms with Crippen LogP contribution < -0.4 is 0 Å². The summed E-state index contributed by atoms with van der Waals surface area (Å²) < 4.78 is 0. The molecule has 0 saturated carbocycles. The summed E-state index contributed by atoms with van der Waals surface area (Å²) >= 11 is 0. The Morgan fingerprint density at radius 1 is 1.67 bits per heavy atom. The zero-order chi connectivity index (χ0) is 7.11. The smallest absolute Gasteiger partial charge is 0.0759 e. The molecule has 0 aliphatic rings. The number of aliphatic imine (C=N–C) groups is 1. The molecule has 0 fully saturated rings. The first-order valence-corrected chi connectivity index (χ1v) is 2.44. The van der Waals surface area contributed by atoms with Crippen LogP contribution in [0.1, 0.15) is 6.92 Å². The van der Waals surface area contributed by atoms with E-state index in [2.05, 4.69) is 16.7 Å². The van der Waals surface area contributed by atoms with Gasteiger partial charge in [0.25, 0.3) is 0 Å². The van der Waals surface area contributed by atoms with E-state index in [4.69, 9.17) is 0 Å². The summed E-state index contributed by atoms with van der Waals surface area (Å²) in [5.41, 5.74) is 0.713. The topological polar surface area (TPSA) is 41.8 Å². The van der Waals surface area contributed by atoms with Crippen molar-refractivity contribution in [1.29, 1.82) is 0 Å². The van der Waals surface area contributed by atoms with Gasteiger partial charge in [0.05, 0.1) is 6.20 Å². The zero-order valence-electron chi connectivity index (χ0n) is 5.24. The van der Waals surface area contributed by atoms with Crippen molar-refractivity contribution in [2.75, 3.05) is 0 Å². The van der Waals surface area contributed by atoms with Gasteiger partial charge in [0.1, 0.15) is 0 Å². The molecule has 0 aromatic carbocycles. The predicted octanol–water partition coefficient (Wildman–Crippen LogP) is 1.87. The lowest BCUT2D eigenvalue weighted by Crippen LogP contribution is -1.72. The van der Waals surface area contributed by atoms with Crippen LogP contribution in [0.25, 0.3) is 0 Å². The SMILES string of the molecule is C=CN=C/C(C)=C/N=O. The molecule has 0 aromatic heterocycles. The summed E-state index contributed by atoms with van der Waals surface area (Å²) in [5, 5.41) is 2.55. The van der Waals surface area contributed by atoms with Crippen molar-refractivity contribution in [1.82, 2.24) is 0 Å². The van der Waals surface area contributed by atoms with Crippen LogP contribution in [-0.4, -0.2) is 6.21 Å². The van der Waals surface area contributed by atoms with Crippen LogP contribution in [0, 0.1) is 4.91 Å². The molecule has 3 nitrogen and oxygen atoms in total. The van der Waals surface area contributed by atoms with Gasteiger partial charge in [0, 0.05) is 12.4 Å². The van der Waals surface area contributed by atoms with E-state index < -0.39 is 0 Å².